The minimum Gasteiger partial charge on any atom is -0.456 e. The first-order chi connectivity index (χ1) is 12.5. The van der Waals surface area contributed by atoms with E-state index in [1.165, 1.54) is 5.56 Å². The van der Waals surface area contributed by atoms with Crippen LogP contribution in [0.25, 0.3) is 33.2 Å². The molecule has 0 amide bonds. The summed E-state index contributed by atoms with van der Waals surface area (Å²) in [5.41, 5.74) is 6.57. The Morgan fingerprint density at radius 3 is 2.62 bits per heavy atom. The Hall–Kier alpha value is -3.12. The maximum Gasteiger partial charge on any atom is 0.213 e. The molecule has 4 rings (SSSR count). The van der Waals surface area contributed by atoms with E-state index in [1.54, 1.807) is 0 Å². The highest BCUT2D eigenvalue weighted by Gasteiger charge is 2.23. The number of hydrogen-bond donors (Lipinski definition) is 0. The molecule has 0 aliphatic carbocycles. The van der Waals surface area contributed by atoms with Gasteiger partial charge >= 0.3 is 0 Å². The maximum absolute atomic E-state index is 10.0. The number of benzene rings is 2. The van der Waals surface area contributed by atoms with Crippen LogP contribution in [0.2, 0.25) is 0 Å². The van der Waals surface area contributed by atoms with Gasteiger partial charge in [-0.25, -0.2) is 4.57 Å². The van der Waals surface area contributed by atoms with E-state index in [-0.39, 0.29) is 0 Å². The van der Waals surface area contributed by atoms with Crippen LogP contribution in [0, 0.1) is 18.3 Å². The molecule has 3 heteroatoms. The van der Waals surface area contributed by atoms with Crippen molar-refractivity contribution in [2.75, 3.05) is 0 Å². The summed E-state index contributed by atoms with van der Waals surface area (Å²) in [4.78, 5) is 0. The zero-order chi connectivity index (χ0) is 18.4. The van der Waals surface area contributed by atoms with E-state index in [1.807, 2.05) is 32.3 Å². The predicted molar refractivity (Wildman–Crippen MR) is 104 cm³/mol. The lowest BCUT2D eigenvalue weighted by Crippen LogP contribution is -2.30. The highest BCUT2D eigenvalue weighted by molar-refractivity contribution is 6.11. The third-order valence-electron chi connectivity index (χ3n) is 5.06. The Labute approximate surface area is 153 Å². The molecule has 0 saturated heterocycles. The van der Waals surface area contributed by atoms with Gasteiger partial charge in [0.25, 0.3) is 0 Å². The fourth-order valence-corrected chi connectivity index (χ4v) is 3.79. The first-order valence-corrected chi connectivity index (χ1v) is 8.86. The van der Waals surface area contributed by atoms with E-state index < -0.39 is 0 Å². The van der Waals surface area contributed by atoms with Crippen LogP contribution in [0.4, 0.5) is 0 Å². The van der Waals surface area contributed by atoms with Gasteiger partial charge in [-0.15, -0.1) is 0 Å². The molecule has 3 nitrogen and oxygen atoms in total. The lowest BCUT2D eigenvalue weighted by molar-refractivity contribution is -0.660. The van der Waals surface area contributed by atoms with Gasteiger partial charge in [-0.1, -0.05) is 32.0 Å². The molecule has 0 spiro atoms. The fraction of sp³-hybridized carbons (Fsp3) is 0.217. The molecule has 2 heterocycles. The second-order valence-corrected chi connectivity index (χ2v) is 7.11. The van der Waals surface area contributed by atoms with Crippen molar-refractivity contribution >= 4 is 21.9 Å². The number of pyridine rings is 1. The van der Waals surface area contributed by atoms with Gasteiger partial charge in [0, 0.05) is 22.9 Å². The second kappa shape index (κ2) is 6.00. The molecule has 26 heavy (non-hydrogen) atoms. The van der Waals surface area contributed by atoms with Crippen LogP contribution in [-0.4, -0.2) is 0 Å². The molecule has 0 atom stereocenters. The van der Waals surface area contributed by atoms with Crippen LogP contribution in [0.1, 0.15) is 36.5 Å². The SMILES string of the molecule is Cc1cc2oc3c(C(C)C)cccc3c2c(C#N)c1-c1cccc[n+]1C. The number of para-hydroxylation sites is 1. The molecule has 2 aromatic heterocycles. The van der Waals surface area contributed by atoms with E-state index in [2.05, 4.69) is 54.8 Å². The molecule has 0 aliphatic heterocycles. The van der Waals surface area contributed by atoms with Crippen LogP contribution in [-0.2, 0) is 7.05 Å². The van der Waals surface area contributed by atoms with Crippen molar-refractivity contribution in [2.24, 2.45) is 7.05 Å². The average molecular weight is 341 g/mol. The Bertz CT molecular complexity index is 1190. The molecular formula is C23H21N2O+. The predicted octanol–water partition coefficient (Wildman–Crippen LogP) is 5.38. The first-order valence-electron chi connectivity index (χ1n) is 8.86. The largest absolute Gasteiger partial charge is 0.456 e. The molecule has 0 fully saturated rings. The Morgan fingerprint density at radius 1 is 1.12 bits per heavy atom. The highest BCUT2D eigenvalue weighted by atomic mass is 16.3. The number of fused-ring (bicyclic) bond motifs is 3. The fourth-order valence-electron chi connectivity index (χ4n) is 3.79. The minimum absolute atomic E-state index is 0.359. The molecule has 0 radical (unpaired) electrons. The zero-order valence-corrected chi connectivity index (χ0v) is 15.5. The van der Waals surface area contributed by atoms with Crippen molar-refractivity contribution in [1.29, 1.82) is 5.26 Å². The third kappa shape index (κ3) is 2.30. The Balaban J connectivity index is 2.19. The van der Waals surface area contributed by atoms with Gasteiger partial charge in [0.05, 0.1) is 11.1 Å². The minimum atomic E-state index is 0.359. The summed E-state index contributed by atoms with van der Waals surface area (Å²) in [6, 6.07) is 16.8. The van der Waals surface area contributed by atoms with Gasteiger partial charge in [0.1, 0.15) is 24.3 Å². The summed E-state index contributed by atoms with van der Waals surface area (Å²) in [5, 5.41) is 12.0. The molecule has 2 aromatic carbocycles. The zero-order valence-electron chi connectivity index (χ0n) is 15.5. The molecule has 4 aromatic rings. The number of furan rings is 1. The average Bonchev–Trinajstić information content (AvgIpc) is 2.99. The molecular weight excluding hydrogens is 320 g/mol. The number of aryl methyl sites for hydroxylation is 2. The third-order valence-corrected chi connectivity index (χ3v) is 5.06. The normalized spacial score (nSPS) is 11.4. The van der Waals surface area contributed by atoms with Crippen molar-refractivity contribution < 1.29 is 8.98 Å². The van der Waals surface area contributed by atoms with Gasteiger partial charge in [0.2, 0.25) is 5.69 Å². The summed E-state index contributed by atoms with van der Waals surface area (Å²) >= 11 is 0. The Morgan fingerprint density at radius 2 is 1.92 bits per heavy atom. The molecule has 0 saturated carbocycles. The molecule has 0 N–H and O–H groups in total. The number of hydrogen-bond acceptors (Lipinski definition) is 2. The molecule has 0 bridgehead atoms. The number of rotatable bonds is 2. The van der Waals surface area contributed by atoms with Crippen LogP contribution in [0.15, 0.2) is 53.1 Å². The topological polar surface area (TPSA) is 40.8 Å². The van der Waals surface area contributed by atoms with Crippen LogP contribution >= 0.6 is 0 Å². The Kier molecular flexibility index (Phi) is 3.77. The van der Waals surface area contributed by atoms with Gasteiger partial charge in [-0.3, -0.25) is 0 Å². The van der Waals surface area contributed by atoms with E-state index in [0.29, 0.717) is 11.5 Å². The smallest absolute Gasteiger partial charge is 0.213 e. The van der Waals surface area contributed by atoms with Gasteiger partial charge in [-0.05, 0) is 36.1 Å². The maximum atomic E-state index is 10.0. The van der Waals surface area contributed by atoms with E-state index in [4.69, 9.17) is 4.42 Å². The standard InChI is InChI=1S/C23H21N2O/c1-14(2)16-8-7-9-17-22-18(13-24)21(19-10-5-6-11-25(19)4)15(3)12-20(22)26-23(16)17/h5-12,14H,1-4H3/q+1. The molecule has 0 unspecified atom stereocenters. The van der Waals surface area contributed by atoms with Gasteiger partial charge in [0.15, 0.2) is 6.20 Å². The highest BCUT2D eigenvalue weighted by Crippen LogP contribution is 2.39. The monoisotopic (exact) mass is 341 g/mol. The van der Waals surface area contributed by atoms with Crippen molar-refractivity contribution in [3.63, 3.8) is 0 Å². The summed E-state index contributed by atoms with van der Waals surface area (Å²) in [7, 11) is 2.00. The number of nitriles is 1. The van der Waals surface area contributed by atoms with Gasteiger partial charge in [-0.2, -0.15) is 5.26 Å². The molecule has 0 aliphatic rings. The van der Waals surface area contributed by atoms with Crippen molar-refractivity contribution in [2.45, 2.75) is 26.7 Å². The van der Waals surface area contributed by atoms with Crippen LogP contribution < -0.4 is 4.57 Å². The molecule has 128 valence electrons. The van der Waals surface area contributed by atoms with E-state index in [9.17, 15) is 5.26 Å². The van der Waals surface area contributed by atoms with Crippen LogP contribution in [0.3, 0.4) is 0 Å². The summed E-state index contributed by atoms with van der Waals surface area (Å²) in [5.74, 6) is 0.359. The van der Waals surface area contributed by atoms with Gasteiger partial charge < -0.3 is 4.42 Å². The summed E-state index contributed by atoms with van der Waals surface area (Å²) in [6.07, 6.45) is 2.00. The van der Waals surface area contributed by atoms with Crippen molar-refractivity contribution in [3.8, 4) is 17.3 Å². The quantitative estimate of drug-likeness (QED) is 0.459. The summed E-state index contributed by atoms with van der Waals surface area (Å²) in [6.45, 7) is 6.36. The number of aromatic nitrogens is 1. The van der Waals surface area contributed by atoms with E-state index >= 15 is 0 Å². The van der Waals surface area contributed by atoms with E-state index in [0.717, 1.165) is 38.8 Å². The summed E-state index contributed by atoms with van der Waals surface area (Å²) < 4.78 is 8.28. The van der Waals surface area contributed by atoms with Crippen molar-refractivity contribution in [3.05, 3.63) is 65.4 Å². The first kappa shape index (κ1) is 16.4. The van der Waals surface area contributed by atoms with Crippen molar-refractivity contribution in [1.82, 2.24) is 0 Å². The lowest BCUT2D eigenvalue weighted by Gasteiger charge is -2.08. The van der Waals surface area contributed by atoms with Crippen LogP contribution in [0.5, 0.6) is 0 Å². The lowest BCUT2D eigenvalue weighted by atomic mass is 9.93. The number of nitrogens with zero attached hydrogens (tertiary/aromatic N) is 2. The second-order valence-electron chi connectivity index (χ2n) is 7.11.